The topological polar surface area (TPSA) is 144 Å². The minimum atomic E-state index is -0.229. The molecule has 1 amide bonds. The minimum Gasteiger partial charge on any atom is -0.384 e. The predicted octanol–water partition coefficient (Wildman–Crippen LogP) is 3.91. The van der Waals surface area contributed by atoms with Crippen LogP contribution in [0.15, 0.2) is 87.8 Å². The molecule has 0 fully saturated rings. The Balaban J connectivity index is 0.00000385. The largest absolute Gasteiger partial charge is 0.384 e. The fraction of sp³-hybridized carbons (Fsp3) is 0.0833. The summed E-state index contributed by atoms with van der Waals surface area (Å²) in [5, 5.41) is 2.85. The number of anilines is 1. The van der Waals surface area contributed by atoms with Gasteiger partial charge in [-0.1, -0.05) is 12.1 Å². The summed E-state index contributed by atoms with van der Waals surface area (Å²) in [7, 11) is 3.26. The van der Waals surface area contributed by atoms with Gasteiger partial charge in [-0.2, -0.15) is 0 Å². The molecule has 186 valence electrons. The van der Waals surface area contributed by atoms with E-state index in [-0.39, 0.29) is 43.1 Å². The number of carbonyl (C=O) groups excluding carboxylic acids is 1. The quantitative estimate of drug-likeness (QED) is 0.279. The van der Waals surface area contributed by atoms with Crippen molar-refractivity contribution in [2.75, 3.05) is 19.4 Å². The van der Waals surface area contributed by atoms with E-state index < -0.39 is 0 Å². The zero-order chi connectivity index (χ0) is 23.1. The number of nitrogens with two attached hydrogens (primary N) is 3. The first-order valence-electron chi connectivity index (χ1n) is 9.82. The molecule has 0 unspecified atom stereocenters. The molecule has 3 aromatic carbocycles. The van der Waals surface area contributed by atoms with Crippen LogP contribution in [0.3, 0.4) is 0 Å². The van der Waals surface area contributed by atoms with Crippen LogP contribution in [0.25, 0.3) is 0 Å². The van der Waals surface area contributed by atoms with Crippen LogP contribution >= 0.6 is 37.2 Å². The maximum absolute atomic E-state index is 12.5. The van der Waals surface area contributed by atoms with E-state index >= 15 is 0 Å². The van der Waals surface area contributed by atoms with Gasteiger partial charge in [0.05, 0.1) is 5.69 Å². The lowest BCUT2D eigenvalue weighted by Crippen LogP contribution is -2.15. The normalized spacial score (nSPS) is 11.4. The van der Waals surface area contributed by atoms with Crippen LogP contribution in [0.5, 0.6) is 0 Å². The lowest BCUT2D eigenvalue weighted by Gasteiger charge is -2.08. The van der Waals surface area contributed by atoms with Crippen LogP contribution in [0.1, 0.15) is 27.0 Å². The van der Waals surface area contributed by atoms with E-state index in [9.17, 15) is 4.79 Å². The van der Waals surface area contributed by atoms with Crippen LogP contribution in [0.2, 0.25) is 0 Å². The Hall–Kier alpha value is -3.59. The molecule has 0 saturated carbocycles. The van der Waals surface area contributed by atoms with E-state index in [1.807, 2.05) is 24.3 Å². The fourth-order valence-electron chi connectivity index (χ4n) is 2.89. The van der Waals surface area contributed by atoms with Crippen molar-refractivity contribution >= 4 is 72.0 Å². The molecule has 0 aliphatic carbocycles. The first kappa shape index (κ1) is 31.4. The molecule has 0 radical (unpaired) electrons. The van der Waals surface area contributed by atoms with Gasteiger partial charge in [-0.05, 0) is 60.7 Å². The van der Waals surface area contributed by atoms with Crippen LogP contribution < -0.4 is 22.5 Å². The summed E-state index contributed by atoms with van der Waals surface area (Å²) in [5.74, 6) is 1.01. The molecule has 35 heavy (non-hydrogen) atoms. The Labute approximate surface area is 223 Å². The van der Waals surface area contributed by atoms with Crippen molar-refractivity contribution in [3.8, 4) is 0 Å². The molecule has 3 aromatic rings. The number of amidine groups is 3. The Morgan fingerprint density at radius 3 is 1.43 bits per heavy atom. The van der Waals surface area contributed by atoms with Crippen LogP contribution in [-0.2, 0) is 0 Å². The Morgan fingerprint density at radius 2 is 0.971 bits per heavy atom. The molecule has 0 aromatic heterocycles. The number of halogens is 3. The third kappa shape index (κ3) is 8.29. The molecule has 0 aliphatic heterocycles. The third-order valence-corrected chi connectivity index (χ3v) is 4.78. The summed E-state index contributed by atoms with van der Waals surface area (Å²) >= 11 is 0. The number of nitrogens with zero attached hydrogens (tertiary/aromatic N) is 3. The first-order valence-corrected chi connectivity index (χ1v) is 9.82. The summed E-state index contributed by atoms with van der Waals surface area (Å²) in [6.07, 6.45) is 0. The van der Waals surface area contributed by atoms with Crippen molar-refractivity contribution in [2.24, 2.45) is 32.2 Å². The van der Waals surface area contributed by atoms with Crippen LogP contribution in [0.4, 0.5) is 11.4 Å². The van der Waals surface area contributed by atoms with Crippen molar-refractivity contribution in [2.45, 2.75) is 0 Å². The van der Waals surface area contributed by atoms with E-state index in [2.05, 4.69) is 20.3 Å². The first-order chi connectivity index (χ1) is 15.4. The van der Waals surface area contributed by atoms with Crippen molar-refractivity contribution in [3.63, 3.8) is 0 Å². The zero-order valence-corrected chi connectivity index (χ0v) is 21.6. The maximum Gasteiger partial charge on any atom is 0.255 e. The molecular formula is C24H28Cl3N7O. The highest BCUT2D eigenvalue weighted by Crippen LogP contribution is 2.16. The molecule has 11 heteroatoms. The second kappa shape index (κ2) is 14.6. The van der Waals surface area contributed by atoms with E-state index in [1.165, 1.54) is 0 Å². The second-order valence-corrected chi connectivity index (χ2v) is 6.87. The van der Waals surface area contributed by atoms with E-state index in [1.54, 1.807) is 62.6 Å². The molecule has 7 N–H and O–H groups in total. The number of benzene rings is 3. The predicted molar refractivity (Wildman–Crippen MR) is 153 cm³/mol. The number of hydrogen-bond acceptors (Lipinski definition) is 4. The lowest BCUT2D eigenvalue weighted by molar-refractivity contribution is 0.102. The van der Waals surface area contributed by atoms with Crippen molar-refractivity contribution in [3.05, 3.63) is 95.1 Å². The molecular weight excluding hydrogens is 509 g/mol. The van der Waals surface area contributed by atoms with Crippen LogP contribution in [-0.4, -0.2) is 37.5 Å². The van der Waals surface area contributed by atoms with Gasteiger partial charge in [-0.3, -0.25) is 14.8 Å². The second-order valence-electron chi connectivity index (χ2n) is 6.87. The van der Waals surface area contributed by atoms with Gasteiger partial charge in [-0.15, -0.1) is 37.2 Å². The highest BCUT2D eigenvalue weighted by molar-refractivity contribution is 6.06. The molecule has 0 spiro atoms. The highest BCUT2D eigenvalue weighted by atomic mass is 35.5. The standard InChI is InChI=1S/C24H25N7O.3ClH/c1-28-21(25)15-3-5-18(6-4-15)24(32)31-20-13-9-17(10-14-20)23(27)30-19-11-7-16(8-12-19)22(26)29-2;;;/h3-14H,1-2H3,(H2,25,28)(H2,26,29)(H2,27,30)(H,31,32);3*1H. The Kier molecular flexibility index (Phi) is 13.1. The van der Waals surface area contributed by atoms with Gasteiger partial charge in [0.15, 0.2) is 0 Å². The highest BCUT2D eigenvalue weighted by Gasteiger charge is 2.08. The van der Waals surface area contributed by atoms with Gasteiger partial charge in [-0.25, -0.2) is 4.99 Å². The van der Waals surface area contributed by atoms with Gasteiger partial charge >= 0.3 is 0 Å². The Morgan fingerprint density at radius 1 is 0.600 bits per heavy atom. The number of hydrogen-bond donors (Lipinski definition) is 4. The number of aliphatic imine (C=N–C) groups is 3. The van der Waals surface area contributed by atoms with E-state index in [0.717, 1.165) is 16.7 Å². The van der Waals surface area contributed by atoms with Gasteiger partial charge in [0.25, 0.3) is 5.91 Å². The summed E-state index contributed by atoms with van der Waals surface area (Å²) in [4.78, 5) is 24.8. The van der Waals surface area contributed by atoms with E-state index in [4.69, 9.17) is 17.2 Å². The molecule has 0 aliphatic rings. The summed E-state index contributed by atoms with van der Waals surface area (Å²) in [6.45, 7) is 0. The summed E-state index contributed by atoms with van der Waals surface area (Å²) < 4.78 is 0. The van der Waals surface area contributed by atoms with Crippen LogP contribution in [0, 0.1) is 0 Å². The number of rotatable bonds is 6. The lowest BCUT2D eigenvalue weighted by atomic mass is 10.1. The summed E-state index contributed by atoms with van der Waals surface area (Å²) in [6, 6.07) is 21.4. The smallest absolute Gasteiger partial charge is 0.255 e. The minimum absolute atomic E-state index is 0. The average molecular weight is 537 g/mol. The monoisotopic (exact) mass is 535 g/mol. The van der Waals surface area contributed by atoms with Gasteiger partial charge in [0, 0.05) is 42.0 Å². The molecule has 0 heterocycles. The van der Waals surface area contributed by atoms with Gasteiger partial charge in [0.2, 0.25) is 0 Å². The molecule has 0 bridgehead atoms. The molecule has 8 nitrogen and oxygen atoms in total. The fourth-order valence-corrected chi connectivity index (χ4v) is 2.89. The molecule has 0 saturated heterocycles. The number of nitrogens with one attached hydrogen (secondary N) is 1. The van der Waals surface area contributed by atoms with Crippen molar-refractivity contribution < 1.29 is 4.79 Å². The summed E-state index contributed by atoms with van der Waals surface area (Å²) in [5.41, 5.74) is 21.9. The van der Waals surface area contributed by atoms with Gasteiger partial charge < -0.3 is 22.5 Å². The van der Waals surface area contributed by atoms with Gasteiger partial charge in [0.1, 0.15) is 17.5 Å². The molecule has 0 atom stereocenters. The van der Waals surface area contributed by atoms with Crippen molar-refractivity contribution in [1.29, 1.82) is 0 Å². The van der Waals surface area contributed by atoms with E-state index in [0.29, 0.717) is 34.4 Å². The molecule has 3 rings (SSSR count). The van der Waals surface area contributed by atoms with Crippen molar-refractivity contribution in [1.82, 2.24) is 0 Å². The number of carbonyl (C=O) groups is 1. The third-order valence-electron chi connectivity index (χ3n) is 4.78. The number of amides is 1. The average Bonchev–Trinajstić information content (AvgIpc) is 2.84. The maximum atomic E-state index is 12.5. The SMILES string of the molecule is CN=C(N)c1ccc(N=C(N)c2ccc(NC(=O)c3ccc(C(N)=NC)cc3)cc2)cc1.Cl.Cl.Cl. The zero-order valence-electron chi connectivity index (χ0n) is 19.1. The Bertz CT molecular complexity index is 1190.